The smallest absolute Gasteiger partial charge is 0.161 e. The van der Waals surface area contributed by atoms with Crippen LogP contribution in [0.3, 0.4) is 0 Å². The lowest BCUT2D eigenvalue weighted by Gasteiger charge is -2.12. The Bertz CT molecular complexity index is 3250. The zero-order valence-corrected chi connectivity index (χ0v) is 31.8. The number of aromatic nitrogens is 2. The molecule has 4 heteroatoms. The number of rotatable bonds is 6. The molecule has 0 saturated heterocycles. The molecule has 11 aromatic rings. The fraction of sp³-hybridized carbons (Fsp3) is 0. The summed E-state index contributed by atoms with van der Waals surface area (Å²) in [6.07, 6.45) is 0. The molecule has 0 fully saturated rings. The molecule has 3 heterocycles. The Hall–Kier alpha value is -6.72. The molecule has 0 aliphatic rings. The number of fused-ring (bicyclic) bond motifs is 6. The highest BCUT2D eigenvalue weighted by molar-refractivity contribution is 7.26. The van der Waals surface area contributed by atoms with Gasteiger partial charge >= 0.3 is 0 Å². The summed E-state index contributed by atoms with van der Waals surface area (Å²) >= 11 is 3.68. The first kappa shape index (κ1) is 32.7. The first-order valence-electron chi connectivity index (χ1n) is 18.8. The van der Waals surface area contributed by atoms with E-state index < -0.39 is 0 Å². The molecule has 0 N–H and O–H groups in total. The van der Waals surface area contributed by atoms with Crippen molar-refractivity contribution in [2.45, 2.75) is 0 Å². The van der Waals surface area contributed by atoms with Crippen LogP contribution in [0.2, 0.25) is 0 Å². The van der Waals surface area contributed by atoms with Gasteiger partial charge in [-0.05, 0) is 69.8 Å². The lowest BCUT2D eigenvalue weighted by atomic mass is 9.96. The van der Waals surface area contributed by atoms with Crippen molar-refractivity contribution in [3.63, 3.8) is 0 Å². The predicted molar refractivity (Wildman–Crippen MR) is 240 cm³/mol. The molecule has 0 unspecified atom stereocenters. The van der Waals surface area contributed by atoms with E-state index in [0.717, 1.165) is 45.0 Å². The summed E-state index contributed by atoms with van der Waals surface area (Å²) in [6.45, 7) is 0. The van der Waals surface area contributed by atoms with Crippen molar-refractivity contribution >= 4 is 63.0 Å². The summed E-state index contributed by atoms with van der Waals surface area (Å²) in [5, 5.41) is 5.16. The van der Waals surface area contributed by atoms with Crippen LogP contribution in [-0.4, -0.2) is 9.97 Å². The minimum Gasteiger partial charge on any atom is -0.228 e. The topological polar surface area (TPSA) is 25.8 Å². The van der Waals surface area contributed by atoms with Crippen molar-refractivity contribution in [3.05, 3.63) is 194 Å². The predicted octanol–water partition coefficient (Wildman–Crippen LogP) is 15.2. The van der Waals surface area contributed by atoms with Crippen LogP contribution in [0.1, 0.15) is 0 Å². The van der Waals surface area contributed by atoms with E-state index in [9.17, 15) is 0 Å². The minimum atomic E-state index is 0.735. The normalized spacial score (nSPS) is 11.6. The molecule has 0 amide bonds. The Labute approximate surface area is 332 Å². The Kier molecular flexibility index (Phi) is 7.90. The minimum absolute atomic E-state index is 0.735. The van der Waals surface area contributed by atoms with E-state index in [4.69, 9.17) is 9.97 Å². The number of nitrogens with zero attached hydrogens (tertiary/aromatic N) is 2. The van der Waals surface area contributed by atoms with Crippen LogP contribution in [0.25, 0.3) is 108 Å². The number of hydrogen-bond acceptors (Lipinski definition) is 4. The summed E-state index contributed by atoms with van der Waals surface area (Å²) in [5.74, 6) is 0.735. The molecule has 0 aliphatic heterocycles. The van der Waals surface area contributed by atoms with Gasteiger partial charge in [0, 0.05) is 57.0 Å². The molecule has 2 nitrogen and oxygen atoms in total. The average molecular weight is 749 g/mol. The molecule has 0 aliphatic carbocycles. The van der Waals surface area contributed by atoms with E-state index in [1.54, 1.807) is 11.3 Å². The average Bonchev–Trinajstić information content (AvgIpc) is 3.86. The fourth-order valence-corrected chi connectivity index (χ4v) is 10.4. The van der Waals surface area contributed by atoms with Crippen molar-refractivity contribution in [2.75, 3.05) is 0 Å². The first-order chi connectivity index (χ1) is 27.7. The van der Waals surface area contributed by atoms with E-state index in [0.29, 0.717) is 0 Å². The maximum Gasteiger partial charge on any atom is 0.161 e. The van der Waals surface area contributed by atoms with Gasteiger partial charge in [0.05, 0.1) is 11.4 Å². The van der Waals surface area contributed by atoms with Crippen molar-refractivity contribution in [1.82, 2.24) is 9.97 Å². The highest BCUT2D eigenvalue weighted by Crippen LogP contribution is 2.42. The summed E-state index contributed by atoms with van der Waals surface area (Å²) in [5.41, 5.74) is 12.2. The van der Waals surface area contributed by atoms with Gasteiger partial charge in [-0.3, -0.25) is 0 Å². The van der Waals surface area contributed by atoms with Gasteiger partial charge in [-0.25, -0.2) is 9.97 Å². The van der Waals surface area contributed by atoms with Crippen LogP contribution in [0.4, 0.5) is 0 Å². The SMILES string of the molecule is c1ccc(-c2cc(-c3cccc(-c4ccc(-c5cccc(-c6cccc7c6sc6ccccc67)c5)cc4)c3)nc(-c3cccc4c3sc3ccccc34)n2)cc1. The Morgan fingerprint density at radius 2 is 0.732 bits per heavy atom. The number of benzene rings is 8. The van der Waals surface area contributed by atoms with Crippen LogP contribution in [0.15, 0.2) is 194 Å². The quantitative estimate of drug-likeness (QED) is 0.169. The van der Waals surface area contributed by atoms with Gasteiger partial charge in [0.15, 0.2) is 5.82 Å². The summed E-state index contributed by atoms with van der Waals surface area (Å²) in [4.78, 5) is 10.5. The maximum absolute atomic E-state index is 5.27. The highest BCUT2D eigenvalue weighted by atomic mass is 32.1. The lowest BCUT2D eigenvalue weighted by molar-refractivity contribution is 1.19. The third kappa shape index (κ3) is 5.70. The molecular formula is C52H32N2S2. The number of hydrogen-bond donors (Lipinski definition) is 0. The highest BCUT2D eigenvalue weighted by Gasteiger charge is 2.16. The van der Waals surface area contributed by atoms with Gasteiger partial charge in [-0.15, -0.1) is 22.7 Å². The molecule has 0 spiro atoms. The Balaban J connectivity index is 0.954. The largest absolute Gasteiger partial charge is 0.228 e. The van der Waals surface area contributed by atoms with Gasteiger partial charge in [-0.1, -0.05) is 158 Å². The van der Waals surface area contributed by atoms with E-state index in [-0.39, 0.29) is 0 Å². The van der Waals surface area contributed by atoms with Crippen LogP contribution in [0.5, 0.6) is 0 Å². The first-order valence-corrected chi connectivity index (χ1v) is 20.4. The maximum atomic E-state index is 5.27. The third-order valence-electron chi connectivity index (χ3n) is 10.7. The zero-order valence-electron chi connectivity index (χ0n) is 30.2. The van der Waals surface area contributed by atoms with Gasteiger partial charge in [0.2, 0.25) is 0 Å². The van der Waals surface area contributed by atoms with Crippen LogP contribution < -0.4 is 0 Å². The molecule has 0 atom stereocenters. The zero-order chi connectivity index (χ0) is 37.0. The standard InChI is InChI=1S/C52H32N2S2/c1-2-12-35(13-3-1)46-32-47(54-52(53-46)45-23-11-22-44-42-19-5-7-25-49(42)56-51(44)45)39-17-9-15-37(31-39)34-28-26-33(27-29-34)36-14-8-16-38(30-36)40-20-10-21-43-41-18-4-6-24-48(41)55-50(40)43/h1-32H. The third-order valence-corrected chi connectivity index (χ3v) is 13.2. The molecular weight excluding hydrogens is 717 g/mol. The van der Waals surface area contributed by atoms with E-state index >= 15 is 0 Å². The van der Waals surface area contributed by atoms with Gasteiger partial charge in [0.25, 0.3) is 0 Å². The molecule has 0 radical (unpaired) electrons. The van der Waals surface area contributed by atoms with Crippen molar-refractivity contribution in [1.29, 1.82) is 0 Å². The molecule has 11 rings (SSSR count). The van der Waals surface area contributed by atoms with E-state index in [1.807, 2.05) is 17.4 Å². The van der Waals surface area contributed by atoms with Gasteiger partial charge < -0.3 is 0 Å². The van der Waals surface area contributed by atoms with E-state index in [2.05, 4.69) is 188 Å². The molecule has 8 aromatic carbocycles. The molecule has 3 aromatic heterocycles. The van der Waals surface area contributed by atoms with Crippen LogP contribution >= 0.6 is 22.7 Å². The fourth-order valence-electron chi connectivity index (χ4n) is 7.95. The Morgan fingerprint density at radius 3 is 1.38 bits per heavy atom. The Morgan fingerprint density at radius 1 is 0.286 bits per heavy atom. The molecule has 56 heavy (non-hydrogen) atoms. The van der Waals surface area contributed by atoms with Crippen molar-refractivity contribution < 1.29 is 0 Å². The van der Waals surface area contributed by atoms with Crippen LogP contribution in [0, 0.1) is 0 Å². The molecule has 0 bridgehead atoms. The monoisotopic (exact) mass is 748 g/mol. The van der Waals surface area contributed by atoms with E-state index in [1.165, 1.54) is 62.6 Å². The summed E-state index contributed by atoms with van der Waals surface area (Å²) < 4.78 is 5.14. The van der Waals surface area contributed by atoms with Crippen molar-refractivity contribution in [3.8, 4) is 67.3 Å². The number of thiophene rings is 2. The lowest BCUT2D eigenvalue weighted by Crippen LogP contribution is -1.96. The molecule has 0 saturated carbocycles. The van der Waals surface area contributed by atoms with Crippen LogP contribution in [-0.2, 0) is 0 Å². The van der Waals surface area contributed by atoms with Gasteiger partial charge in [0.1, 0.15) is 0 Å². The molecule has 262 valence electrons. The summed E-state index contributed by atoms with van der Waals surface area (Å²) in [6, 6.07) is 69.6. The second-order valence-corrected chi connectivity index (χ2v) is 16.2. The summed E-state index contributed by atoms with van der Waals surface area (Å²) in [7, 11) is 0. The second-order valence-electron chi connectivity index (χ2n) is 14.1. The second kappa shape index (κ2) is 13.5. The van der Waals surface area contributed by atoms with Crippen molar-refractivity contribution in [2.24, 2.45) is 0 Å². The van der Waals surface area contributed by atoms with Gasteiger partial charge in [-0.2, -0.15) is 0 Å².